The summed E-state index contributed by atoms with van der Waals surface area (Å²) in [7, 11) is 0. The molecule has 20 heavy (non-hydrogen) atoms. The minimum Gasteiger partial charge on any atom is -0.424 e. The number of halogens is 2. The molecule has 1 aromatic heterocycles. The highest BCUT2D eigenvalue weighted by Gasteiger charge is 2.05. The van der Waals surface area contributed by atoms with Crippen molar-refractivity contribution in [2.24, 2.45) is 0 Å². The molecular weight excluding hydrogens is 264 g/mol. The molecule has 0 unspecified atom stereocenters. The van der Waals surface area contributed by atoms with Gasteiger partial charge in [0.2, 0.25) is 0 Å². The fraction of sp³-hybridized carbons (Fsp3) is 0.286. The average molecular weight is 279 g/mol. The molecule has 0 saturated carbocycles. The molecule has 1 N–H and O–H groups in total. The molecule has 0 atom stereocenters. The predicted molar refractivity (Wildman–Crippen MR) is 70.4 cm³/mol. The topological polar surface area (TPSA) is 47.0 Å². The molecule has 0 spiro atoms. The first-order valence-electron chi connectivity index (χ1n) is 6.21. The van der Waals surface area contributed by atoms with Crippen molar-refractivity contribution in [2.75, 3.05) is 0 Å². The van der Waals surface area contributed by atoms with Gasteiger partial charge in [-0.15, -0.1) is 0 Å². The van der Waals surface area contributed by atoms with Crippen molar-refractivity contribution in [2.45, 2.75) is 26.4 Å². The van der Waals surface area contributed by atoms with Gasteiger partial charge in [0.05, 0.1) is 0 Å². The summed E-state index contributed by atoms with van der Waals surface area (Å²) in [5.74, 6) is -1.40. The van der Waals surface area contributed by atoms with E-state index < -0.39 is 11.6 Å². The fourth-order valence-corrected chi connectivity index (χ4v) is 1.50. The number of rotatable bonds is 5. The van der Waals surface area contributed by atoms with Crippen molar-refractivity contribution >= 4 is 0 Å². The summed E-state index contributed by atoms with van der Waals surface area (Å²) in [6, 6.07) is 3.32. The van der Waals surface area contributed by atoms with Gasteiger partial charge in [-0.25, -0.2) is 18.7 Å². The molecule has 2 rings (SSSR count). The molecule has 0 aliphatic heterocycles. The molecule has 0 saturated heterocycles. The molecule has 4 nitrogen and oxygen atoms in total. The first kappa shape index (κ1) is 14.3. The van der Waals surface area contributed by atoms with Crippen LogP contribution in [0.1, 0.15) is 19.4 Å². The molecule has 1 heterocycles. The van der Waals surface area contributed by atoms with Crippen molar-refractivity contribution < 1.29 is 13.5 Å². The lowest BCUT2D eigenvalue weighted by atomic mass is 10.3. The Balaban J connectivity index is 2.03. The summed E-state index contributed by atoms with van der Waals surface area (Å²) in [5, 5.41) is 3.23. The van der Waals surface area contributed by atoms with Gasteiger partial charge in [0.1, 0.15) is 17.4 Å². The van der Waals surface area contributed by atoms with E-state index in [1.807, 2.05) is 13.8 Å². The largest absolute Gasteiger partial charge is 0.424 e. The van der Waals surface area contributed by atoms with Crippen LogP contribution in [0.4, 0.5) is 8.78 Å². The summed E-state index contributed by atoms with van der Waals surface area (Å²) in [4.78, 5) is 7.99. The normalized spacial score (nSPS) is 10.8. The lowest BCUT2D eigenvalue weighted by molar-refractivity contribution is 0.431. The predicted octanol–water partition coefficient (Wildman–Crippen LogP) is 3.05. The first-order valence-corrected chi connectivity index (χ1v) is 6.21. The number of benzene rings is 1. The van der Waals surface area contributed by atoms with Crippen LogP contribution in [0.25, 0.3) is 0 Å². The molecule has 2 aromatic rings. The van der Waals surface area contributed by atoms with Gasteiger partial charge in [0, 0.05) is 48.7 Å². The Hall–Kier alpha value is -2.08. The van der Waals surface area contributed by atoms with Gasteiger partial charge in [-0.1, -0.05) is 13.8 Å². The van der Waals surface area contributed by atoms with Gasteiger partial charge in [0.15, 0.2) is 0 Å². The summed E-state index contributed by atoms with van der Waals surface area (Å²) in [6.45, 7) is 4.72. The number of hydrogen-bond acceptors (Lipinski definition) is 4. The highest BCUT2D eigenvalue weighted by Crippen LogP contribution is 2.20. The van der Waals surface area contributed by atoms with E-state index in [1.54, 1.807) is 12.4 Å². The van der Waals surface area contributed by atoms with Crippen molar-refractivity contribution in [1.82, 2.24) is 15.3 Å². The molecule has 0 aliphatic rings. The summed E-state index contributed by atoms with van der Waals surface area (Å²) in [5.41, 5.74) is 0.900. The minimum atomic E-state index is -0.710. The molecule has 6 heteroatoms. The quantitative estimate of drug-likeness (QED) is 0.913. The SMILES string of the molecule is CC(C)NCc1cnc(Oc2cc(F)cc(F)c2)nc1. The summed E-state index contributed by atoms with van der Waals surface area (Å²) < 4.78 is 31.2. The summed E-state index contributed by atoms with van der Waals surface area (Å²) in [6.07, 6.45) is 3.21. The average Bonchev–Trinajstić information content (AvgIpc) is 2.36. The van der Waals surface area contributed by atoms with E-state index in [0.717, 1.165) is 23.8 Å². The van der Waals surface area contributed by atoms with E-state index in [1.165, 1.54) is 0 Å². The Morgan fingerprint density at radius 1 is 1.10 bits per heavy atom. The molecule has 0 aliphatic carbocycles. The highest BCUT2D eigenvalue weighted by atomic mass is 19.1. The van der Waals surface area contributed by atoms with Crippen LogP contribution in [-0.4, -0.2) is 16.0 Å². The number of nitrogens with one attached hydrogen (secondary N) is 1. The second-order valence-electron chi connectivity index (χ2n) is 4.62. The highest BCUT2D eigenvalue weighted by molar-refractivity contribution is 5.26. The van der Waals surface area contributed by atoms with Crippen LogP contribution >= 0.6 is 0 Å². The molecular formula is C14H15F2N3O. The van der Waals surface area contributed by atoms with Crippen molar-refractivity contribution in [1.29, 1.82) is 0 Å². The molecule has 0 radical (unpaired) electrons. The number of ether oxygens (including phenoxy) is 1. The summed E-state index contributed by atoms with van der Waals surface area (Å²) >= 11 is 0. The maximum atomic E-state index is 13.0. The van der Waals surface area contributed by atoms with E-state index in [-0.39, 0.29) is 11.8 Å². The third-order valence-electron chi connectivity index (χ3n) is 2.44. The number of nitrogens with zero attached hydrogens (tertiary/aromatic N) is 2. The van der Waals surface area contributed by atoms with Gasteiger partial charge in [-0.2, -0.15) is 0 Å². The van der Waals surface area contributed by atoms with Crippen LogP contribution in [0.3, 0.4) is 0 Å². The molecule has 0 fully saturated rings. The van der Waals surface area contributed by atoms with Crippen molar-refractivity contribution in [3.8, 4) is 11.8 Å². The Morgan fingerprint density at radius 2 is 1.70 bits per heavy atom. The Morgan fingerprint density at radius 3 is 2.25 bits per heavy atom. The molecule has 0 bridgehead atoms. The zero-order valence-electron chi connectivity index (χ0n) is 11.2. The van der Waals surface area contributed by atoms with Crippen LogP contribution < -0.4 is 10.1 Å². The van der Waals surface area contributed by atoms with Gasteiger partial charge in [-0.05, 0) is 0 Å². The third kappa shape index (κ3) is 4.24. The molecule has 0 amide bonds. The van der Waals surface area contributed by atoms with Crippen molar-refractivity contribution in [3.05, 3.63) is 47.8 Å². The fourth-order valence-electron chi connectivity index (χ4n) is 1.50. The minimum absolute atomic E-state index is 0.0237. The number of hydrogen-bond donors (Lipinski definition) is 1. The van der Waals surface area contributed by atoms with Crippen molar-refractivity contribution in [3.63, 3.8) is 0 Å². The van der Waals surface area contributed by atoms with E-state index >= 15 is 0 Å². The Labute approximate surface area is 115 Å². The van der Waals surface area contributed by atoms with E-state index in [2.05, 4.69) is 15.3 Å². The first-order chi connectivity index (χ1) is 9.52. The second-order valence-corrected chi connectivity index (χ2v) is 4.62. The van der Waals surface area contributed by atoms with Crippen LogP contribution in [0.2, 0.25) is 0 Å². The lowest BCUT2D eigenvalue weighted by Crippen LogP contribution is -2.21. The lowest BCUT2D eigenvalue weighted by Gasteiger charge is -2.08. The Bertz CT molecular complexity index is 553. The number of aromatic nitrogens is 2. The van der Waals surface area contributed by atoms with E-state index in [0.29, 0.717) is 12.6 Å². The molecule has 106 valence electrons. The van der Waals surface area contributed by atoms with Crippen LogP contribution in [0.5, 0.6) is 11.8 Å². The van der Waals surface area contributed by atoms with Crippen LogP contribution in [0.15, 0.2) is 30.6 Å². The zero-order valence-corrected chi connectivity index (χ0v) is 11.2. The monoisotopic (exact) mass is 279 g/mol. The van der Waals surface area contributed by atoms with E-state index in [9.17, 15) is 8.78 Å². The standard InChI is InChI=1S/C14H15F2N3O/c1-9(2)17-6-10-7-18-14(19-8-10)20-13-4-11(15)3-12(16)5-13/h3-5,7-9,17H,6H2,1-2H3. The smallest absolute Gasteiger partial charge is 0.321 e. The Kier molecular flexibility index (Phi) is 4.57. The molecule has 1 aromatic carbocycles. The van der Waals surface area contributed by atoms with Gasteiger partial charge < -0.3 is 10.1 Å². The second kappa shape index (κ2) is 6.38. The third-order valence-corrected chi connectivity index (χ3v) is 2.44. The van der Waals surface area contributed by atoms with Crippen LogP contribution in [-0.2, 0) is 6.54 Å². The van der Waals surface area contributed by atoms with Crippen LogP contribution in [0, 0.1) is 11.6 Å². The van der Waals surface area contributed by atoms with E-state index in [4.69, 9.17) is 4.74 Å². The zero-order chi connectivity index (χ0) is 14.5. The van der Waals surface area contributed by atoms with Gasteiger partial charge >= 0.3 is 6.01 Å². The van der Waals surface area contributed by atoms with Gasteiger partial charge in [0.25, 0.3) is 0 Å². The maximum Gasteiger partial charge on any atom is 0.321 e. The maximum absolute atomic E-state index is 13.0. The van der Waals surface area contributed by atoms with Gasteiger partial charge in [-0.3, -0.25) is 0 Å².